The highest BCUT2D eigenvalue weighted by Crippen LogP contribution is 2.32. The predicted octanol–water partition coefficient (Wildman–Crippen LogP) is 5.18. The number of nitrogens with two attached hydrogens (primary N) is 1. The van der Waals surface area contributed by atoms with Crippen LogP contribution in [0.2, 0.25) is 10.0 Å². The molecule has 0 saturated heterocycles. The topological polar surface area (TPSA) is 38.0 Å². The normalized spacial score (nSPS) is 12.2. The third kappa shape index (κ3) is 3.67. The van der Waals surface area contributed by atoms with Crippen LogP contribution in [0.15, 0.2) is 40.9 Å². The van der Waals surface area contributed by atoms with E-state index in [1.807, 2.05) is 37.3 Å². The van der Waals surface area contributed by atoms with E-state index in [0.29, 0.717) is 16.6 Å². The lowest BCUT2D eigenvalue weighted by atomic mass is 10.1. The van der Waals surface area contributed by atoms with E-state index in [9.17, 15) is 0 Å². The van der Waals surface area contributed by atoms with Crippen LogP contribution in [0.5, 0.6) is 0 Å². The highest BCUT2D eigenvalue weighted by Gasteiger charge is 2.16. The van der Waals surface area contributed by atoms with Crippen molar-refractivity contribution in [2.24, 2.45) is 5.73 Å². The third-order valence-electron chi connectivity index (χ3n) is 2.97. The summed E-state index contributed by atoms with van der Waals surface area (Å²) in [7, 11) is 0. The molecule has 0 radical (unpaired) electrons. The van der Waals surface area contributed by atoms with Crippen LogP contribution in [0.25, 0.3) is 0 Å². The molecule has 0 aliphatic carbocycles. The van der Waals surface area contributed by atoms with E-state index in [2.05, 4.69) is 27.3 Å². The van der Waals surface area contributed by atoms with Gasteiger partial charge < -0.3 is 11.1 Å². The van der Waals surface area contributed by atoms with E-state index in [4.69, 9.17) is 28.9 Å². The maximum Gasteiger partial charge on any atom is 0.0665 e. The second-order valence-electron chi connectivity index (χ2n) is 4.59. The van der Waals surface area contributed by atoms with Crippen LogP contribution in [0, 0.1) is 6.92 Å². The molecule has 20 heavy (non-hydrogen) atoms. The van der Waals surface area contributed by atoms with Crippen LogP contribution in [-0.4, -0.2) is 6.54 Å². The first-order valence-corrected chi connectivity index (χ1v) is 7.74. The van der Waals surface area contributed by atoms with Crippen molar-refractivity contribution in [1.82, 2.24) is 0 Å². The molecule has 2 nitrogen and oxygen atoms in total. The molecule has 0 amide bonds. The van der Waals surface area contributed by atoms with Crippen molar-refractivity contribution in [2.75, 3.05) is 11.9 Å². The number of benzene rings is 2. The van der Waals surface area contributed by atoms with E-state index in [1.165, 1.54) is 0 Å². The molecular weight excluding hydrogens is 359 g/mol. The summed E-state index contributed by atoms with van der Waals surface area (Å²) in [6.45, 7) is 2.44. The number of nitrogens with one attached hydrogen (secondary N) is 1. The molecule has 0 heterocycles. The Hall–Kier alpha value is -0.740. The van der Waals surface area contributed by atoms with Gasteiger partial charge in [-0.2, -0.15) is 0 Å². The van der Waals surface area contributed by atoms with Crippen LogP contribution < -0.4 is 11.1 Å². The number of hydrogen-bond acceptors (Lipinski definition) is 2. The quantitative estimate of drug-likeness (QED) is 0.775. The molecule has 0 saturated carbocycles. The average molecular weight is 374 g/mol. The van der Waals surface area contributed by atoms with Crippen LogP contribution in [-0.2, 0) is 0 Å². The lowest BCUT2D eigenvalue weighted by molar-refractivity contribution is 0.790. The molecule has 0 aliphatic rings. The molecule has 2 aromatic rings. The Kier molecular flexibility index (Phi) is 5.33. The zero-order valence-corrected chi connectivity index (χ0v) is 14.1. The van der Waals surface area contributed by atoms with Gasteiger partial charge in [0.25, 0.3) is 0 Å². The van der Waals surface area contributed by atoms with Crippen molar-refractivity contribution >= 4 is 44.8 Å². The van der Waals surface area contributed by atoms with E-state index in [1.54, 1.807) is 0 Å². The van der Waals surface area contributed by atoms with Crippen molar-refractivity contribution in [3.63, 3.8) is 0 Å². The molecule has 0 bridgehead atoms. The average Bonchev–Trinajstić information content (AvgIpc) is 2.36. The maximum atomic E-state index is 6.24. The van der Waals surface area contributed by atoms with Gasteiger partial charge in [0.1, 0.15) is 0 Å². The van der Waals surface area contributed by atoms with E-state index < -0.39 is 0 Å². The summed E-state index contributed by atoms with van der Waals surface area (Å²) in [5.41, 5.74) is 8.84. The van der Waals surface area contributed by atoms with Gasteiger partial charge in [0.15, 0.2) is 0 Å². The number of rotatable bonds is 4. The van der Waals surface area contributed by atoms with Crippen molar-refractivity contribution in [3.05, 3.63) is 62.0 Å². The standard InChI is InChI=1S/C15H15BrCl2N2/c1-9-5-10(16)7-11(6-9)20-14(8-19)15-12(17)3-2-4-13(15)18/h2-7,14,20H,8,19H2,1H3. The molecule has 106 valence electrons. The highest BCUT2D eigenvalue weighted by atomic mass is 79.9. The Morgan fingerprint density at radius 1 is 1.20 bits per heavy atom. The van der Waals surface area contributed by atoms with Gasteiger partial charge in [0, 0.05) is 32.3 Å². The number of aryl methyl sites for hydroxylation is 1. The fraction of sp³-hybridized carbons (Fsp3) is 0.200. The molecule has 0 aromatic heterocycles. The SMILES string of the molecule is Cc1cc(Br)cc(NC(CN)c2c(Cl)cccc2Cl)c1. The molecule has 3 N–H and O–H groups in total. The summed E-state index contributed by atoms with van der Waals surface area (Å²) in [5, 5.41) is 4.62. The molecule has 0 spiro atoms. The Labute approximate surface area is 137 Å². The molecular formula is C15H15BrCl2N2. The Morgan fingerprint density at radius 3 is 2.40 bits per heavy atom. The Balaban J connectivity index is 2.34. The summed E-state index contributed by atoms with van der Waals surface area (Å²) in [4.78, 5) is 0. The smallest absolute Gasteiger partial charge is 0.0665 e. The van der Waals surface area contributed by atoms with Crippen LogP contribution >= 0.6 is 39.1 Å². The van der Waals surface area contributed by atoms with Gasteiger partial charge in [-0.3, -0.25) is 0 Å². The zero-order chi connectivity index (χ0) is 14.7. The summed E-state index contributed by atoms with van der Waals surface area (Å²) < 4.78 is 1.01. The van der Waals surface area contributed by atoms with Gasteiger partial charge in [-0.1, -0.05) is 45.2 Å². The number of halogens is 3. The van der Waals surface area contributed by atoms with E-state index in [0.717, 1.165) is 21.3 Å². The second-order valence-corrected chi connectivity index (χ2v) is 6.32. The molecule has 5 heteroatoms. The van der Waals surface area contributed by atoms with Gasteiger partial charge in [-0.15, -0.1) is 0 Å². The first-order chi connectivity index (χ1) is 9.51. The first-order valence-electron chi connectivity index (χ1n) is 6.19. The van der Waals surface area contributed by atoms with Gasteiger partial charge in [-0.05, 0) is 42.8 Å². The van der Waals surface area contributed by atoms with E-state index in [-0.39, 0.29) is 6.04 Å². The second kappa shape index (κ2) is 6.81. The minimum atomic E-state index is -0.134. The molecule has 2 aromatic carbocycles. The minimum absolute atomic E-state index is 0.134. The Morgan fingerprint density at radius 2 is 1.85 bits per heavy atom. The van der Waals surface area contributed by atoms with Crippen molar-refractivity contribution in [1.29, 1.82) is 0 Å². The van der Waals surface area contributed by atoms with Gasteiger partial charge >= 0.3 is 0 Å². The van der Waals surface area contributed by atoms with Crippen LogP contribution in [0.4, 0.5) is 5.69 Å². The van der Waals surface area contributed by atoms with Crippen molar-refractivity contribution in [2.45, 2.75) is 13.0 Å². The number of anilines is 1. The third-order valence-corrected chi connectivity index (χ3v) is 4.08. The highest BCUT2D eigenvalue weighted by molar-refractivity contribution is 9.10. The molecule has 0 aliphatic heterocycles. The summed E-state index contributed by atoms with van der Waals surface area (Å²) in [5.74, 6) is 0. The molecule has 1 unspecified atom stereocenters. The number of hydrogen-bond donors (Lipinski definition) is 2. The van der Waals surface area contributed by atoms with Crippen LogP contribution in [0.1, 0.15) is 17.2 Å². The van der Waals surface area contributed by atoms with Gasteiger partial charge in [0.2, 0.25) is 0 Å². The van der Waals surface area contributed by atoms with Crippen molar-refractivity contribution in [3.8, 4) is 0 Å². The Bertz CT molecular complexity index is 576. The summed E-state index contributed by atoms with van der Waals surface area (Å²) in [6.07, 6.45) is 0. The summed E-state index contributed by atoms with van der Waals surface area (Å²) >= 11 is 16.0. The van der Waals surface area contributed by atoms with Crippen molar-refractivity contribution < 1.29 is 0 Å². The van der Waals surface area contributed by atoms with E-state index >= 15 is 0 Å². The fourth-order valence-electron chi connectivity index (χ4n) is 2.11. The predicted molar refractivity (Wildman–Crippen MR) is 90.8 cm³/mol. The molecule has 1 atom stereocenters. The minimum Gasteiger partial charge on any atom is -0.377 e. The largest absolute Gasteiger partial charge is 0.377 e. The van der Waals surface area contributed by atoms with Gasteiger partial charge in [0.05, 0.1) is 6.04 Å². The summed E-state index contributed by atoms with van der Waals surface area (Å²) in [6, 6.07) is 11.4. The first kappa shape index (κ1) is 15.6. The monoisotopic (exact) mass is 372 g/mol. The molecule has 0 fully saturated rings. The lowest BCUT2D eigenvalue weighted by Crippen LogP contribution is -2.21. The van der Waals surface area contributed by atoms with Crippen LogP contribution in [0.3, 0.4) is 0 Å². The maximum absolute atomic E-state index is 6.24. The lowest BCUT2D eigenvalue weighted by Gasteiger charge is -2.21. The zero-order valence-electron chi connectivity index (χ0n) is 11.0. The molecule has 2 rings (SSSR count). The van der Waals surface area contributed by atoms with Gasteiger partial charge in [-0.25, -0.2) is 0 Å². The fourth-order valence-corrected chi connectivity index (χ4v) is 3.38.